The van der Waals surface area contributed by atoms with E-state index < -0.39 is 9.58 Å². The van der Waals surface area contributed by atoms with Gasteiger partial charge in [0.25, 0.3) is 3.79 Å². The van der Waals surface area contributed by atoms with Gasteiger partial charge < -0.3 is 4.98 Å². The van der Waals surface area contributed by atoms with Gasteiger partial charge in [-0.3, -0.25) is 9.59 Å². The first-order valence-corrected chi connectivity index (χ1v) is 6.84. The average molecular weight is 331 g/mol. The lowest BCUT2D eigenvalue weighted by Crippen LogP contribution is -2.19. The summed E-state index contributed by atoms with van der Waals surface area (Å²) < 4.78 is -2.05. The molecular weight excluding hydrogens is 321 g/mol. The van der Waals surface area contributed by atoms with Crippen molar-refractivity contribution < 1.29 is 9.59 Å². The van der Waals surface area contributed by atoms with E-state index in [4.69, 9.17) is 34.8 Å². The number of ketones is 2. The summed E-state index contributed by atoms with van der Waals surface area (Å²) in [7, 11) is 0. The zero-order chi connectivity index (χ0) is 14.9. The Kier molecular flexibility index (Phi) is 4.23. The summed E-state index contributed by atoms with van der Waals surface area (Å²) in [4.78, 5) is 26.6. The molecular formula is C14H10Cl3NO2. The molecule has 0 bridgehead atoms. The fourth-order valence-corrected chi connectivity index (χ4v) is 1.99. The zero-order valence-electron chi connectivity index (χ0n) is 10.4. The largest absolute Gasteiger partial charge is 0.358 e. The molecule has 0 spiro atoms. The molecule has 3 nitrogen and oxygen atoms in total. The number of aromatic amines is 1. The fraction of sp³-hybridized carbons (Fsp3) is 0.143. The minimum absolute atomic E-state index is 0.0838. The van der Waals surface area contributed by atoms with Crippen LogP contribution < -0.4 is 0 Å². The van der Waals surface area contributed by atoms with Crippen LogP contribution >= 0.6 is 34.8 Å². The van der Waals surface area contributed by atoms with Crippen molar-refractivity contribution in [3.05, 3.63) is 58.9 Å². The topological polar surface area (TPSA) is 49.9 Å². The Morgan fingerprint density at radius 3 is 2.20 bits per heavy atom. The van der Waals surface area contributed by atoms with Crippen LogP contribution in [0.25, 0.3) is 0 Å². The second kappa shape index (κ2) is 5.60. The molecule has 0 fully saturated rings. The van der Waals surface area contributed by atoms with Crippen molar-refractivity contribution in [1.82, 2.24) is 4.98 Å². The number of hydrogen-bond donors (Lipinski definition) is 1. The van der Waals surface area contributed by atoms with E-state index >= 15 is 0 Å². The monoisotopic (exact) mass is 329 g/mol. The molecule has 0 atom stereocenters. The number of nitrogens with one attached hydrogen (secondary N) is 1. The van der Waals surface area contributed by atoms with Gasteiger partial charge >= 0.3 is 0 Å². The molecule has 0 unspecified atom stereocenters. The standard InChI is InChI=1S/C14H10Cl3NO2/c1-8-2-4-9(5-3-8)12(19)10-6-11(18-7-10)13(20)14(15,16)17/h2-7,18H,1H3. The van der Waals surface area contributed by atoms with E-state index in [1.165, 1.54) is 12.3 Å². The summed E-state index contributed by atoms with van der Waals surface area (Å²) >= 11 is 16.6. The minimum atomic E-state index is -2.05. The minimum Gasteiger partial charge on any atom is -0.358 e. The predicted octanol–water partition coefficient (Wildman–Crippen LogP) is 4.11. The number of carbonyl (C=O) groups excluding carboxylic acids is 2. The third-order valence-electron chi connectivity index (χ3n) is 2.76. The summed E-state index contributed by atoms with van der Waals surface area (Å²) in [5.74, 6) is -0.907. The third kappa shape index (κ3) is 3.23. The second-order valence-corrected chi connectivity index (χ2v) is 6.61. The highest BCUT2D eigenvalue weighted by molar-refractivity contribution is 6.77. The maximum atomic E-state index is 12.2. The van der Waals surface area contributed by atoms with Crippen molar-refractivity contribution in [3.8, 4) is 0 Å². The van der Waals surface area contributed by atoms with E-state index in [1.54, 1.807) is 12.1 Å². The van der Waals surface area contributed by atoms with E-state index in [0.717, 1.165) is 5.56 Å². The van der Waals surface area contributed by atoms with Crippen LogP contribution in [0.5, 0.6) is 0 Å². The summed E-state index contributed by atoms with van der Waals surface area (Å²) in [6.07, 6.45) is 1.42. The van der Waals surface area contributed by atoms with Crippen LogP contribution in [0.1, 0.15) is 32.0 Å². The summed E-state index contributed by atoms with van der Waals surface area (Å²) in [6, 6.07) is 8.51. The smallest absolute Gasteiger partial charge is 0.254 e. The fourth-order valence-electron chi connectivity index (χ4n) is 1.68. The highest BCUT2D eigenvalue weighted by Crippen LogP contribution is 2.30. The Bertz CT molecular complexity index is 654. The predicted molar refractivity (Wildman–Crippen MR) is 80.0 cm³/mol. The van der Waals surface area contributed by atoms with Crippen LogP contribution in [-0.2, 0) is 0 Å². The molecule has 0 aliphatic carbocycles. The van der Waals surface area contributed by atoms with E-state index in [2.05, 4.69) is 4.98 Å². The Hall–Kier alpha value is -1.29. The number of halogens is 3. The molecule has 0 radical (unpaired) electrons. The number of H-pyrrole nitrogens is 1. The van der Waals surface area contributed by atoms with Crippen LogP contribution in [0.15, 0.2) is 36.5 Å². The number of benzene rings is 1. The number of Topliss-reactive ketones (excluding diaryl/α,β-unsaturated/α-hetero) is 1. The molecule has 0 aliphatic heterocycles. The summed E-state index contributed by atoms with van der Waals surface area (Å²) in [6.45, 7) is 1.93. The lowest BCUT2D eigenvalue weighted by atomic mass is 10.0. The average Bonchev–Trinajstić information content (AvgIpc) is 2.86. The number of aromatic nitrogens is 1. The SMILES string of the molecule is Cc1ccc(C(=O)c2c[nH]c(C(=O)C(Cl)(Cl)Cl)c2)cc1. The molecule has 104 valence electrons. The molecule has 0 aliphatic rings. The number of aryl methyl sites for hydroxylation is 1. The van der Waals surface area contributed by atoms with Crippen molar-refractivity contribution in [1.29, 1.82) is 0 Å². The third-order valence-corrected chi connectivity index (χ3v) is 3.28. The Morgan fingerprint density at radius 2 is 1.65 bits per heavy atom. The molecule has 0 saturated heterocycles. The van der Waals surface area contributed by atoms with Crippen molar-refractivity contribution >= 4 is 46.4 Å². The van der Waals surface area contributed by atoms with Gasteiger partial charge in [-0.25, -0.2) is 0 Å². The van der Waals surface area contributed by atoms with E-state index in [9.17, 15) is 9.59 Å². The molecule has 0 amide bonds. The van der Waals surface area contributed by atoms with Crippen LogP contribution in [0.2, 0.25) is 0 Å². The van der Waals surface area contributed by atoms with Crippen LogP contribution in [0.3, 0.4) is 0 Å². The first-order chi connectivity index (χ1) is 9.29. The maximum Gasteiger partial charge on any atom is 0.254 e. The lowest BCUT2D eigenvalue weighted by Gasteiger charge is -2.06. The summed E-state index contributed by atoms with van der Waals surface area (Å²) in [5, 5.41) is 0. The first-order valence-electron chi connectivity index (χ1n) is 5.70. The second-order valence-electron chi connectivity index (χ2n) is 4.32. The zero-order valence-corrected chi connectivity index (χ0v) is 12.7. The van der Waals surface area contributed by atoms with E-state index in [1.807, 2.05) is 19.1 Å². The van der Waals surface area contributed by atoms with Gasteiger partial charge in [-0.05, 0) is 13.0 Å². The van der Waals surface area contributed by atoms with Gasteiger partial charge in [0.1, 0.15) is 0 Å². The van der Waals surface area contributed by atoms with E-state index in [-0.39, 0.29) is 11.5 Å². The van der Waals surface area contributed by atoms with Crippen molar-refractivity contribution in [3.63, 3.8) is 0 Å². The van der Waals surface area contributed by atoms with Gasteiger partial charge in [-0.15, -0.1) is 0 Å². The van der Waals surface area contributed by atoms with Gasteiger partial charge in [-0.1, -0.05) is 64.6 Å². The molecule has 1 heterocycles. The van der Waals surface area contributed by atoms with Gasteiger partial charge in [0.15, 0.2) is 5.78 Å². The molecule has 20 heavy (non-hydrogen) atoms. The molecule has 1 N–H and O–H groups in total. The van der Waals surface area contributed by atoms with Crippen molar-refractivity contribution in [2.24, 2.45) is 0 Å². The van der Waals surface area contributed by atoms with Crippen molar-refractivity contribution in [2.75, 3.05) is 0 Å². The molecule has 6 heteroatoms. The lowest BCUT2D eigenvalue weighted by molar-refractivity contribution is 0.0992. The van der Waals surface area contributed by atoms with Crippen molar-refractivity contribution in [2.45, 2.75) is 10.7 Å². The number of carbonyl (C=O) groups is 2. The Morgan fingerprint density at radius 1 is 1.05 bits per heavy atom. The molecule has 1 aromatic carbocycles. The van der Waals surface area contributed by atoms with Gasteiger partial charge in [0, 0.05) is 17.3 Å². The number of hydrogen-bond acceptors (Lipinski definition) is 2. The van der Waals surface area contributed by atoms with Crippen LogP contribution in [0, 0.1) is 6.92 Å². The molecule has 2 rings (SSSR count). The molecule has 0 saturated carbocycles. The Labute approximate surface area is 130 Å². The Balaban J connectivity index is 2.27. The highest BCUT2D eigenvalue weighted by Gasteiger charge is 2.33. The normalized spacial score (nSPS) is 11.4. The highest BCUT2D eigenvalue weighted by atomic mass is 35.6. The number of rotatable bonds is 3. The number of alkyl halides is 3. The quantitative estimate of drug-likeness (QED) is 0.680. The molecule has 1 aromatic heterocycles. The van der Waals surface area contributed by atoms with Crippen LogP contribution in [0.4, 0.5) is 0 Å². The first kappa shape index (κ1) is 15.1. The van der Waals surface area contributed by atoms with E-state index in [0.29, 0.717) is 11.1 Å². The van der Waals surface area contributed by atoms with Gasteiger partial charge in [0.05, 0.1) is 5.69 Å². The maximum absolute atomic E-state index is 12.2. The summed E-state index contributed by atoms with van der Waals surface area (Å²) in [5.41, 5.74) is 2.01. The van der Waals surface area contributed by atoms with Gasteiger partial charge in [0.2, 0.25) is 5.78 Å². The molecule has 2 aromatic rings. The van der Waals surface area contributed by atoms with Crippen LogP contribution in [-0.4, -0.2) is 20.3 Å². The van der Waals surface area contributed by atoms with Gasteiger partial charge in [-0.2, -0.15) is 0 Å².